The molecule has 1 atom stereocenters. The van der Waals surface area contributed by atoms with Gasteiger partial charge in [-0.25, -0.2) is 0 Å². The number of rotatable bonds is 7. The Labute approximate surface area is 193 Å². The first-order valence-electron chi connectivity index (χ1n) is 10.5. The highest BCUT2D eigenvalue weighted by molar-refractivity contribution is 6.33. The molecule has 3 amide bonds. The molecule has 0 aliphatic carbocycles. The largest absolute Gasteiger partial charge is 0.341 e. The SMILES string of the molecule is CC(NC(=O)/C=C/c1ccccc1)C(=O)N1CCN(CC(=O)Nc2ccccc2Cl)CC1. The first-order valence-corrected chi connectivity index (χ1v) is 10.9. The van der Waals surface area contributed by atoms with Gasteiger partial charge in [-0.3, -0.25) is 19.3 Å². The third kappa shape index (κ3) is 6.93. The zero-order valence-corrected chi connectivity index (χ0v) is 18.7. The highest BCUT2D eigenvalue weighted by Gasteiger charge is 2.26. The summed E-state index contributed by atoms with van der Waals surface area (Å²) >= 11 is 6.07. The van der Waals surface area contributed by atoms with Crippen molar-refractivity contribution in [2.75, 3.05) is 38.0 Å². The van der Waals surface area contributed by atoms with Crippen LogP contribution in [0.2, 0.25) is 5.02 Å². The first kappa shape index (κ1) is 23.5. The second-order valence-corrected chi connectivity index (χ2v) is 8.01. The Hall–Kier alpha value is -3.16. The lowest BCUT2D eigenvalue weighted by Crippen LogP contribution is -2.54. The standard InChI is InChI=1S/C24H27ClN4O3/c1-18(26-22(30)12-11-19-7-3-2-4-8-19)24(32)29-15-13-28(14-16-29)17-23(31)27-21-10-6-5-9-20(21)25/h2-12,18H,13-17H2,1H3,(H,26,30)(H,27,31)/b12-11+. The van der Waals surface area contributed by atoms with Crippen molar-refractivity contribution in [3.05, 3.63) is 71.3 Å². The van der Waals surface area contributed by atoms with Crippen molar-refractivity contribution in [1.82, 2.24) is 15.1 Å². The molecule has 168 valence electrons. The van der Waals surface area contributed by atoms with Gasteiger partial charge in [-0.05, 0) is 30.7 Å². The summed E-state index contributed by atoms with van der Waals surface area (Å²) in [6.07, 6.45) is 3.13. The summed E-state index contributed by atoms with van der Waals surface area (Å²) in [6.45, 7) is 4.06. The fourth-order valence-corrected chi connectivity index (χ4v) is 3.60. The lowest BCUT2D eigenvalue weighted by Gasteiger charge is -2.35. The van der Waals surface area contributed by atoms with E-state index in [0.717, 1.165) is 5.56 Å². The number of amides is 3. The number of hydrogen-bond acceptors (Lipinski definition) is 4. The molecule has 3 rings (SSSR count). The van der Waals surface area contributed by atoms with Gasteiger partial charge < -0.3 is 15.5 Å². The minimum atomic E-state index is -0.627. The van der Waals surface area contributed by atoms with Crippen LogP contribution in [0.25, 0.3) is 6.08 Å². The molecule has 0 aromatic heterocycles. The van der Waals surface area contributed by atoms with Crippen molar-refractivity contribution in [2.24, 2.45) is 0 Å². The fraction of sp³-hybridized carbons (Fsp3) is 0.292. The monoisotopic (exact) mass is 454 g/mol. The second-order valence-electron chi connectivity index (χ2n) is 7.60. The van der Waals surface area contributed by atoms with Crippen LogP contribution in [0.4, 0.5) is 5.69 Å². The summed E-state index contributed by atoms with van der Waals surface area (Å²) in [7, 11) is 0. The van der Waals surface area contributed by atoms with Gasteiger partial charge in [0, 0.05) is 32.3 Å². The molecule has 7 nitrogen and oxygen atoms in total. The maximum atomic E-state index is 12.7. The molecular weight excluding hydrogens is 428 g/mol. The Kier molecular flexibility index (Phi) is 8.41. The number of carbonyl (C=O) groups excluding carboxylic acids is 3. The molecule has 0 bridgehead atoms. The lowest BCUT2D eigenvalue weighted by molar-refractivity contribution is -0.136. The number of carbonyl (C=O) groups is 3. The van der Waals surface area contributed by atoms with Crippen molar-refractivity contribution >= 4 is 41.1 Å². The normalized spacial score (nSPS) is 15.4. The van der Waals surface area contributed by atoms with Gasteiger partial charge in [-0.15, -0.1) is 0 Å². The van der Waals surface area contributed by atoms with Crippen LogP contribution in [-0.4, -0.2) is 66.3 Å². The quantitative estimate of drug-likeness (QED) is 0.630. The van der Waals surface area contributed by atoms with Crippen LogP contribution in [0.5, 0.6) is 0 Å². The van der Waals surface area contributed by atoms with E-state index in [1.165, 1.54) is 6.08 Å². The zero-order chi connectivity index (χ0) is 22.9. The van der Waals surface area contributed by atoms with Gasteiger partial charge in [0.15, 0.2) is 0 Å². The molecule has 2 aromatic carbocycles. The van der Waals surface area contributed by atoms with Gasteiger partial charge in [-0.1, -0.05) is 54.1 Å². The highest BCUT2D eigenvalue weighted by atomic mass is 35.5. The van der Waals surface area contributed by atoms with Gasteiger partial charge in [0.25, 0.3) is 0 Å². The molecule has 1 saturated heterocycles. The first-order chi connectivity index (χ1) is 15.4. The molecule has 1 heterocycles. The van der Waals surface area contributed by atoms with E-state index in [0.29, 0.717) is 36.9 Å². The van der Waals surface area contributed by atoms with Crippen LogP contribution in [0.3, 0.4) is 0 Å². The molecule has 2 aromatic rings. The van der Waals surface area contributed by atoms with E-state index in [1.807, 2.05) is 41.3 Å². The fourth-order valence-electron chi connectivity index (χ4n) is 3.41. The molecule has 0 spiro atoms. The number of nitrogens with one attached hydrogen (secondary N) is 2. The van der Waals surface area contributed by atoms with E-state index >= 15 is 0 Å². The molecule has 0 radical (unpaired) electrons. The summed E-state index contributed by atoms with van der Waals surface area (Å²) < 4.78 is 0. The Morgan fingerprint density at radius 2 is 1.66 bits per heavy atom. The molecule has 2 N–H and O–H groups in total. The van der Waals surface area contributed by atoms with E-state index in [1.54, 1.807) is 36.1 Å². The minimum Gasteiger partial charge on any atom is -0.341 e. The van der Waals surface area contributed by atoms with Crippen LogP contribution < -0.4 is 10.6 Å². The van der Waals surface area contributed by atoms with Crippen molar-refractivity contribution in [3.8, 4) is 0 Å². The molecule has 0 saturated carbocycles. The number of anilines is 1. The molecule has 32 heavy (non-hydrogen) atoms. The van der Waals surface area contributed by atoms with Crippen LogP contribution in [0, 0.1) is 0 Å². The number of benzene rings is 2. The van der Waals surface area contributed by atoms with Crippen molar-refractivity contribution in [2.45, 2.75) is 13.0 Å². The highest BCUT2D eigenvalue weighted by Crippen LogP contribution is 2.20. The predicted molar refractivity (Wildman–Crippen MR) is 126 cm³/mol. The number of halogens is 1. The Balaban J connectivity index is 1.41. The molecule has 1 fully saturated rings. The number of piperazine rings is 1. The van der Waals surface area contributed by atoms with E-state index in [-0.39, 0.29) is 24.3 Å². The lowest BCUT2D eigenvalue weighted by atomic mass is 10.2. The van der Waals surface area contributed by atoms with Gasteiger partial charge >= 0.3 is 0 Å². The predicted octanol–water partition coefficient (Wildman–Crippen LogP) is 2.64. The van der Waals surface area contributed by atoms with Crippen molar-refractivity contribution in [3.63, 3.8) is 0 Å². The molecule has 1 aliphatic rings. The Bertz CT molecular complexity index is 972. The van der Waals surface area contributed by atoms with E-state index < -0.39 is 6.04 Å². The maximum Gasteiger partial charge on any atom is 0.244 e. The summed E-state index contributed by atoms with van der Waals surface area (Å²) in [5.74, 6) is -0.597. The van der Waals surface area contributed by atoms with Crippen LogP contribution >= 0.6 is 11.6 Å². The van der Waals surface area contributed by atoms with Gasteiger partial charge in [0.2, 0.25) is 17.7 Å². The zero-order valence-electron chi connectivity index (χ0n) is 18.0. The number of nitrogens with zero attached hydrogens (tertiary/aromatic N) is 2. The van der Waals surface area contributed by atoms with Crippen molar-refractivity contribution < 1.29 is 14.4 Å². The van der Waals surface area contributed by atoms with Crippen LogP contribution in [0.1, 0.15) is 12.5 Å². The Morgan fingerprint density at radius 1 is 1.00 bits per heavy atom. The Morgan fingerprint density at radius 3 is 2.34 bits per heavy atom. The number of hydrogen-bond donors (Lipinski definition) is 2. The summed E-state index contributed by atoms with van der Waals surface area (Å²) in [5, 5.41) is 6.02. The average molecular weight is 455 g/mol. The van der Waals surface area contributed by atoms with Gasteiger partial charge in [0.05, 0.1) is 17.3 Å². The van der Waals surface area contributed by atoms with E-state index in [2.05, 4.69) is 10.6 Å². The summed E-state index contributed by atoms with van der Waals surface area (Å²) in [6, 6.07) is 15.9. The number of para-hydroxylation sites is 1. The topological polar surface area (TPSA) is 81.8 Å². The molecule has 1 unspecified atom stereocenters. The maximum absolute atomic E-state index is 12.7. The van der Waals surface area contributed by atoms with E-state index in [9.17, 15) is 14.4 Å². The third-order valence-corrected chi connectivity index (χ3v) is 5.48. The molecular formula is C24H27ClN4O3. The average Bonchev–Trinajstić information content (AvgIpc) is 2.80. The molecule has 8 heteroatoms. The second kappa shape index (κ2) is 11.5. The van der Waals surface area contributed by atoms with E-state index in [4.69, 9.17) is 11.6 Å². The molecule has 1 aliphatic heterocycles. The summed E-state index contributed by atoms with van der Waals surface area (Å²) in [5.41, 5.74) is 1.50. The van der Waals surface area contributed by atoms with Crippen molar-refractivity contribution in [1.29, 1.82) is 0 Å². The smallest absolute Gasteiger partial charge is 0.244 e. The third-order valence-electron chi connectivity index (χ3n) is 5.16. The van der Waals surface area contributed by atoms with Crippen LogP contribution in [0.15, 0.2) is 60.7 Å². The minimum absolute atomic E-state index is 0.133. The van der Waals surface area contributed by atoms with Gasteiger partial charge in [0.1, 0.15) is 6.04 Å². The summed E-state index contributed by atoms with van der Waals surface area (Å²) in [4.78, 5) is 40.8. The van der Waals surface area contributed by atoms with Crippen LogP contribution in [-0.2, 0) is 14.4 Å². The van der Waals surface area contributed by atoms with Gasteiger partial charge in [-0.2, -0.15) is 0 Å².